The Balaban J connectivity index is 1.83. The fourth-order valence-corrected chi connectivity index (χ4v) is 2.18. The third-order valence-corrected chi connectivity index (χ3v) is 3.21. The summed E-state index contributed by atoms with van der Waals surface area (Å²) < 4.78 is 11.2. The number of hydrogen-bond donors (Lipinski definition) is 1. The lowest BCUT2D eigenvalue weighted by Crippen LogP contribution is -2.26. The summed E-state index contributed by atoms with van der Waals surface area (Å²) in [6, 6.07) is 11.4. The van der Waals surface area contributed by atoms with Crippen molar-refractivity contribution in [3.05, 3.63) is 36.4 Å². The van der Waals surface area contributed by atoms with E-state index in [0.29, 0.717) is 17.5 Å². The summed E-state index contributed by atoms with van der Waals surface area (Å²) in [6.45, 7) is 1.47. The molecule has 1 aromatic carbocycles. The van der Waals surface area contributed by atoms with Crippen LogP contribution in [0.3, 0.4) is 0 Å². The summed E-state index contributed by atoms with van der Waals surface area (Å²) in [6.07, 6.45) is 1.90. The first kappa shape index (κ1) is 12.9. The number of nitrogens with zero attached hydrogens (tertiary/aromatic N) is 2. The molecule has 1 saturated heterocycles. The summed E-state index contributed by atoms with van der Waals surface area (Å²) in [5, 5.41) is 0. The maximum atomic E-state index is 5.89. The van der Waals surface area contributed by atoms with Gasteiger partial charge in [0.1, 0.15) is 11.9 Å². The van der Waals surface area contributed by atoms with E-state index in [1.807, 2.05) is 30.3 Å². The molecule has 2 N–H and O–H groups in total. The van der Waals surface area contributed by atoms with Crippen molar-refractivity contribution in [1.82, 2.24) is 9.97 Å². The smallest absolute Gasteiger partial charge is 0.219 e. The van der Waals surface area contributed by atoms with Crippen LogP contribution in [-0.4, -0.2) is 29.3 Å². The molecule has 0 atom stereocenters. The number of nitrogens with two attached hydrogens (primary N) is 1. The van der Waals surface area contributed by atoms with E-state index in [-0.39, 0.29) is 6.10 Å². The molecule has 0 spiro atoms. The average Bonchev–Trinajstić information content (AvgIpc) is 2.49. The third-order valence-electron chi connectivity index (χ3n) is 3.21. The Morgan fingerprint density at radius 1 is 1.10 bits per heavy atom. The molecule has 0 aliphatic carbocycles. The van der Waals surface area contributed by atoms with Gasteiger partial charge < -0.3 is 15.2 Å². The summed E-state index contributed by atoms with van der Waals surface area (Å²) in [4.78, 5) is 8.70. The zero-order chi connectivity index (χ0) is 13.8. The molecule has 5 nitrogen and oxygen atoms in total. The van der Waals surface area contributed by atoms with Gasteiger partial charge in [-0.3, -0.25) is 0 Å². The molecule has 1 aromatic heterocycles. The van der Waals surface area contributed by atoms with Crippen LogP contribution in [0.15, 0.2) is 36.4 Å². The highest BCUT2D eigenvalue weighted by molar-refractivity contribution is 5.57. The van der Waals surface area contributed by atoms with E-state index in [0.717, 1.165) is 31.6 Å². The summed E-state index contributed by atoms with van der Waals surface area (Å²) >= 11 is 0. The number of ether oxygens (including phenoxy) is 2. The van der Waals surface area contributed by atoms with E-state index in [9.17, 15) is 0 Å². The van der Waals surface area contributed by atoms with Crippen LogP contribution in [-0.2, 0) is 4.74 Å². The maximum absolute atomic E-state index is 5.89. The van der Waals surface area contributed by atoms with Gasteiger partial charge in [-0.05, 0) is 0 Å². The van der Waals surface area contributed by atoms with E-state index in [2.05, 4.69) is 9.97 Å². The number of rotatable bonds is 3. The predicted molar refractivity (Wildman–Crippen MR) is 76.3 cm³/mol. The fourth-order valence-electron chi connectivity index (χ4n) is 2.18. The van der Waals surface area contributed by atoms with Crippen molar-refractivity contribution in [2.24, 2.45) is 0 Å². The highest BCUT2D eigenvalue weighted by Crippen LogP contribution is 2.22. The molecule has 0 unspecified atom stereocenters. The van der Waals surface area contributed by atoms with Crippen molar-refractivity contribution in [3.8, 4) is 17.3 Å². The van der Waals surface area contributed by atoms with Gasteiger partial charge in [0, 0.05) is 24.5 Å². The lowest BCUT2D eigenvalue weighted by molar-refractivity contribution is 0.0238. The van der Waals surface area contributed by atoms with E-state index >= 15 is 0 Å². The van der Waals surface area contributed by atoms with Gasteiger partial charge in [-0.25, -0.2) is 4.98 Å². The van der Waals surface area contributed by atoms with Crippen molar-refractivity contribution >= 4 is 5.82 Å². The lowest BCUT2D eigenvalue weighted by Gasteiger charge is -2.22. The van der Waals surface area contributed by atoms with Crippen molar-refractivity contribution in [2.75, 3.05) is 18.9 Å². The Hall–Kier alpha value is -2.14. The average molecular weight is 271 g/mol. The van der Waals surface area contributed by atoms with Gasteiger partial charge in [0.25, 0.3) is 0 Å². The Kier molecular flexibility index (Phi) is 3.78. The van der Waals surface area contributed by atoms with Gasteiger partial charge in [0.2, 0.25) is 5.88 Å². The van der Waals surface area contributed by atoms with Crippen molar-refractivity contribution in [2.45, 2.75) is 18.9 Å². The second-order valence-electron chi connectivity index (χ2n) is 4.75. The van der Waals surface area contributed by atoms with Gasteiger partial charge in [-0.15, -0.1) is 0 Å². The first-order valence-electron chi connectivity index (χ1n) is 6.75. The van der Waals surface area contributed by atoms with Crippen LogP contribution in [0.25, 0.3) is 11.4 Å². The van der Waals surface area contributed by atoms with Crippen molar-refractivity contribution in [1.29, 1.82) is 0 Å². The quantitative estimate of drug-likeness (QED) is 0.927. The standard InChI is InChI=1S/C15H17N3O2/c16-13-10-14(20-12-6-8-19-9-7-12)18-15(17-13)11-4-2-1-3-5-11/h1-5,10,12H,6-9H2,(H2,16,17,18). The Morgan fingerprint density at radius 3 is 2.60 bits per heavy atom. The topological polar surface area (TPSA) is 70.3 Å². The summed E-state index contributed by atoms with van der Waals surface area (Å²) in [7, 11) is 0. The van der Waals surface area contributed by atoms with Gasteiger partial charge in [0.05, 0.1) is 13.2 Å². The molecule has 1 aliphatic rings. The van der Waals surface area contributed by atoms with Crippen LogP contribution in [0.4, 0.5) is 5.82 Å². The molecular formula is C15H17N3O2. The van der Waals surface area contributed by atoms with E-state index in [4.69, 9.17) is 15.2 Å². The molecule has 20 heavy (non-hydrogen) atoms. The largest absolute Gasteiger partial charge is 0.474 e. The van der Waals surface area contributed by atoms with E-state index in [1.54, 1.807) is 6.07 Å². The number of aromatic nitrogens is 2. The molecule has 1 fully saturated rings. The molecule has 104 valence electrons. The number of anilines is 1. The van der Waals surface area contributed by atoms with Crippen LogP contribution < -0.4 is 10.5 Å². The molecule has 3 rings (SSSR count). The van der Waals surface area contributed by atoms with Gasteiger partial charge in [-0.1, -0.05) is 30.3 Å². The molecule has 2 heterocycles. The molecule has 2 aromatic rings. The Bertz CT molecular complexity index is 569. The van der Waals surface area contributed by atoms with Crippen LogP contribution in [0.1, 0.15) is 12.8 Å². The number of hydrogen-bond acceptors (Lipinski definition) is 5. The number of nitrogen functional groups attached to an aromatic ring is 1. The second kappa shape index (κ2) is 5.88. The first-order valence-corrected chi connectivity index (χ1v) is 6.75. The number of benzene rings is 1. The molecular weight excluding hydrogens is 254 g/mol. The molecule has 0 saturated carbocycles. The monoisotopic (exact) mass is 271 g/mol. The zero-order valence-electron chi connectivity index (χ0n) is 11.2. The van der Waals surface area contributed by atoms with Crippen molar-refractivity contribution < 1.29 is 9.47 Å². The normalized spacial score (nSPS) is 16.0. The van der Waals surface area contributed by atoms with Crippen LogP contribution in [0, 0.1) is 0 Å². The summed E-state index contributed by atoms with van der Waals surface area (Å²) in [5.74, 6) is 1.54. The highest BCUT2D eigenvalue weighted by atomic mass is 16.5. The second-order valence-corrected chi connectivity index (χ2v) is 4.75. The van der Waals surface area contributed by atoms with Crippen LogP contribution in [0.5, 0.6) is 5.88 Å². The summed E-state index contributed by atoms with van der Waals surface area (Å²) in [5.41, 5.74) is 6.77. The Labute approximate surface area is 117 Å². The molecule has 5 heteroatoms. The van der Waals surface area contributed by atoms with Gasteiger partial charge in [0.15, 0.2) is 5.82 Å². The van der Waals surface area contributed by atoms with E-state index in [1.165, 1.54) is 0 Å². The first-order chi connectivity index (χ1) is 9.81. The van der Waals surface area contributed by atoms with E-state index < -0.39 is 0 Å². The fraction of sp³-hybridized carbons (Fsp3) is 0.333. The predicted octanol–water partition coefficient (Wildman–Crippen LogP) is 2.28. The van der Waals surface area contributed by atoms with Gasteiger partial charge >= 0.3 is 0 Å². The minimum Gasteiger partial charge on any atom is -0.474 e. The van der Waals surface area contributed by atoms with Crippen LogP contribution >= 0.6 is 0 Å². The molecule has 0 radical (unpaired) electrons. The molecule has 0 amide bonds. The van der Waals surface area contributed by atoms with Crippen molar-refractivity contribution in [3.63, 3.8) is 0 Å². The molecule has 0 bridgehead atoms. The SMILES string of the molecule is Nc1cc(OC2CCOCC2)nc(-c2ccccc2)n1. The van der Waals surface area contributed by atoms with Crippen LogP contribution in [0.2, 0.25) is 0 Å². The zero-order valence-corrected chi connectivity index (χ0v) is 11.2. The Morgan fingerprint density at radius 2 is 1.85 bits per heavy atom. The maximum Gasteiger partial charge on any atom is 0.219 e. The highest BCUT2D eigenvalue weighted by Gasteiger charge is 2.16. The van der Waals surface area contributed by atoms with Gasteiger partial charge in [-0.2, -0.15) is 4.98 Å². The third kappa shape index (κ3) is 3.05. The lowest BCUT2D eigenvalue weighted by atomic mass is 10.1. The minimum atomic E-state index is 0.140. The molecule has 1 aliphatic heterocycles. The minimum absolute atomic E-state index is 0.140.